The van der Waals surface area contributed by atoms with Gasteiger partial charge in [-0.05, 0) is 32.3 Å². The number of hydrogen-bond acceptors (Lipinski definition) is 4. The fourth-order valence-corrected chi connectivity index (χ4v) is 2.01. The molecule has 1 aliphatic rings. The van der Waals surface area contributed by atoms with E-state index in [4.69, 9.17) is 5.11 Å². The fourth-order valence-electron chi connectivity index (χ4n) is 2.01. The first kappa shape index (κ1) is 10.4. The third-order valence-corrected chi connectivity index (χ3v) is 2.92. The van der Waals surface area contributed by atoms with Crippen LogP contribution in [0.5, 0.6) is 0 Å². The van der Waals surface area contributed by atoms with E-state index in [9.17, 15) is 0 Å². The van der Waals surface area contributed by atoms with E-state index in [1.54, 1.807) is 12.3 Å². The van der Waals surface area contributed by atoms with Crippen molar-refractivity contribution in [3.63, 3.8) is 0 Å². The number of anilines is 1. The monoisotopic (exact) mass is 207 g/mol. The molecule has 2 rings (SSSR count). The summed E-state index contributed by atoms with van der Waals surface area (Å²) < 4.78 is 0. The number of hydrogen-bond donors (Lipinski definition) is 1. The second kappa shape index (κ2) is 4.57. The van der Waals surface area contributed by atoms with Crippen LogP contribution in [0.2, 0.25) is 0 Å². The quantitative estimate of drug-likeness (QED) is 0.795. The van der Waals surface area contributed by atoms with Crippen molar-refractivity contribution in [3.8, 4) is 0 Å². The lowest BCUT2D eigenvalue weighted by atomic mass is 10.0. The van der Waals surface area contributed by atoms with Crippen molar-refractivity contribution < 1.29 is 5.11 Å². The van der Waals surface area contributed by atoms with Gasteiger partial charge in [0.25, 0.3) is 0 Å². The van der Waals surface area contributed by atoms with Gasteiger partial charge in [-0.15, -0.1) is 0 Å². The number of aromatic nitrogens is 2. The predicted molar refractivity (Wildman–Crippen MR) is 58.6 cm³/mol. The molecule has 0 aromatic carbocycles. The number of nitrogens with zero attached hydrogens (tertiary/aromatic N) is 3. The maximum absolute atomic E-state index is 9.02. The Morgan fingerprint density at radius 3 is 3.13 bits per heavy atom. The molecular weight excluding hydrogens is 190 g/mol. The Morgan fingerprint density at radius 2 is 2.40 bits per heavy atom. The SMILES string of the molecule is CC1CCCCN1c1nccc(CO)n1. The van der Waals surface area contributed by atoms with E-state index in [0.29, 0.717) is 11.7 Å². The highest BCUT2D eigenvalue weighted by molar-refractivity contribution is 5.32. The smallest absolute Gasteiger partial charge is 0.225 e. The first-order valence-corrected chi connectivity index (χ1v) is 5.50. The Hall–Kier alpha value is -1.16. The Kier molecular flexibility index (Phi) is 3.16. The van der Waals surface area contributed by atoms with Crippen LogP contribution in [-0.2, 0) is 6.61 Å². The molecule has 1 unspecified atom stereocenters. The van der Waals surface area contributed by atoms with E-state index in [0.717, 1.165) is 12.5 Å². The Labute approximate surface area is 90.0 Å². The predicted octanol–water partition coefficient (Wildman–Crippen LogP) is 1.35. The zero-order chi connectivity index (χ0) is 10.7. The van der Waals surface area contributed by atoms with E-state index in [1.807, 2.05) is 0 Å². The standard InChI is InChI=1S/C11H17N3O/c1-9-4-2-3-7-14(9)11-12-6-5-10(8-15)13-11/h5-6,9,15H,2-4,7-8H2,1H3. The summed E-state index contributed by atoms with van der Waals surface area (Å²) in [6.07, 6.45) is 5.41. The molecule has 0 amide bonds. The summed E-state index contributed by atoms with van der Waals surface area (Å²) in [6, 6.07) is 2.26. The minimum absolute atomic E-state index is 0.0161. The maximum Gasteiger partial charge on any atom is 0.225 e. The van der Waals surface area contributed by atoms with Gasteiger partial charge in [0.1, 0.15) is 0 Å². The van der Waals surface area contributed by atoms with Gasteiger partial charge >= 0.3 is 0 Å². The molecule has 1 fully saturated rings. The number of piperidine rings is 1. The van der Waals surface area contributed by atoms with Crippen molar-refractivity contribution >= 4 is 5.95 Å². The van der Waals surface area contributed by atoms with E-state index in [-0.39, 0.29) is 6.61 Å². The lowest BCUT2D eigenvalue weighted by Gasteiger charge is -2.33. The summed E-state index contributed by atoms with van der Waals surface area (Å²) in [6.45, 7) is 3.21. The highest BCUT2D eigenvalue weighted by Gasteiger charge is 2.20. The molecule has 0 saturated carbocycles. The van der Waals surface area contributed by atoms with Gasteiger partial charge in [-0.3, -0.25) is 0 Å². The average Bonchev–Trinajstić information content (AvgIpc) is 2.30. The minimum atomic E-state index is -0.0161. The largest absolute Gasteiger partial charge is 0.390 e. The molecule has 0 aliphatic carbocycles. The Morgan fingerprint density at radius 1 is 1.53 bits per heavy atom. The van der Waals surface area contributed by atoms with Crippen molar-refractivity contribution in [1.82, 2.24) is 9.97 Å². The van der Waals surface area contributed by atoms with Gasteiger partial charge < -0.3 is 10.0 Å². The lowest BCUT2D eigenvalue weighted by molar-refractivity contribution is 0.276. The van der Waals surface area contributed by atoms with Crippen LogP contribution < -0.4 is 4.90 Å². The fraction of sp³-hybridized carbons (Fsp3) is 0.636. The summed E-state index contributed by atoms with van der Waals surface area (Å²) in [4.78, 5) is 10.8. The van der Waals surface area contributed by atoms with Crippen LogP contribution in [0.3, 0.4) is 0 Å². The van der Waals surface area contributed by atoms with Crippen molar-refractivity contribution in [1.29, 1.82) is 0 Å². The zero-order valence-corrected chi connectivity index (χ0v) is 9.06. The summed E-state index contributed by atoms with van der Waals surface area (Å²) >= 11 is 0. The van der Waals surface area contributed by atoms with Crippen molar-refractivity contribution in [2.75, 3.05) is 11.4 Å². The molecule has 0 radical (unpaired) electrons. The minimum Gasteiger partial charge on any atom is -0.390 e. The normalized spacial score (nSPS) is 21.7. The van der Waals surface area contributed by atoms with Gasteiger partial charge in [-0.2, -0.15) is 0 Å². The molecule has 0 bridgehead atoms. The molecule has 82 valence electrons. The first-order chi connectivity index (χ1) is 7.31. The highest BCUT2D eigenvalue weighted by Crippen LogP contribution is 2.20. The maximum atomic E-state index is 9.02. The molecule has 1 aliphatic heterocycles. The van der Waals surface area contributed by atoms with Gasteiger partial charge in [0.05, 0.1) is 12.3 Å². The number of aliphatic hydroxyl groups excluding tert-OH is 1. The Bertz CT molecular complexity index is 329. The molecule has 4 heteroatoms. The van der Waals surface area contributed by atoms with Crippen LogP contribution in [0.15, 0.2) is 12.3 Å². The van der Waals surface area contributed by atoms with Crippen LogP contribution in [0, 0.1) is 0 Å². The van der Waals surface area contributed by atoms with Gasteiger partial charge in [0.15, 0.2) is 0 Å². The molecule has 1 saturated heterocycles. The summed E-state index contributed by atoms with van der Waals surface area (Å²) in [5.74, 6) is 0.758. The third kappa shape index (κ3) is 2.26. The van der Waals surface area contributed by atoms with E-state index >= 15 is 0 Å². The lowest BCUT2D eigenvalue weighted by Crippen LogP contribution is -2.38. The second-order valence-electron chi connectivity index (χ2n) is 4.04. The van der Waals surface area contributed by atoms with Crippen LogP contribution in [0.1, 0.15) is 31.9 Å². The molecule has 1 atom stereocenters. The van der Waals surface area contributed by atoms with E-state index in [2.05, 4.69) is 21.8 Å². The van der Waals surface area contributed by atoms with Gasteiger partial charge in [-0.25, -0.2) is 9.97 Å². The molecule has 4 nitrogen and oxygen atoms in total. The molecule has 0 spiro atoms. The van der Waals surface area contributed by atoms with Crippen molar-refractivity contribution in [2.45, 2.75) is 38.8 Å². The van der Waals surface area contributed by atoms with E-state index in [1.165, 1.54) is 19.3 Å². The van der Waals surface area contributed by atoms with Crippen LogP contribution in [0.25, 0.3) is 0 Å². The van der Waals surface area contributed by atoms with Crippen molar-refractivity contribution in [3.05, 3.63) is 18.0 Å². The van der Waals surface area contributed by atoms with Crippen molar-refractivity contribution in [2.24, 2.45) is 0 Å². The molecule has 1 N–H and O–H groups in total. The summed E-state index contributed by atoms with van der Waals surface area (Å²) in [5, 5.41) is 9.02. The number of rotatable bonds is 2. The molecule has 1 aromatic heterocycles. The highest BCUT2D eigenvalue weighted by atomic mass is 16.3. The summed E-state index contributed by atoms with van der Waals surface area (Å²) in [5.41, 5.74) is 0.692. The summed E-state index contributed by atoms with van der Waals surface area (Å²) in [7, 11) is 0. The molecule has 15 heavy (non-hydrogen) atoms. The van der Waals surface area contributed by atoms with E-state index < -0.39 is 0 Å². The van der Waals surface area contributed by atoms with Gasteiger partial charge in [0, 0.05) is 18.8 Å². The second-order valence-corrected chi connectivity index (χ2v) is 4.04. The number of aliphatic hydroxyl groups is 1. The first-order valence-electron chi connectivity index (χ1n) is 5.50. The molecule has 2 heterocycles. The Balaban J connectivity index is 2.19. The van der Waals surface area contributed by atoms with Crippen LogP contribution in [-0.4, -0.2) is 27.7 Å². The third-order valence-electron chi connectivity index (χ3n) is 2.92. The average molecular weight is 207 g/mol. The van der Waals surface area contributed by atoms with Gasteiger partial charge in [0.2, 0.25) is 5.95 Å². The van der Waals surface area contributed by atoms with Gasteiger partial charge in [-0.1, -0.05) is 0 Å². The van der Waals surface area contributed by atoms with Crippen LogP contribution >= 0.6 is 0 Å². The van der Waals surface area contributed by atoms with Crippen LogP contribution in [0.4, 0.5) is 5.95 Å². The topological polar surface area (TPSA) is 49.2 Å². The zero-order valence-electron chi connectivity index (χ0n) is 9.06. The molecule has 1 aromatic rings. The molecular formula is C11H17N3O.